The highest BCUT2D eigenvalue weighted by molar-refractivity contribution is 6.33. The normalized spacial score (nSPS) is 10.2. The largest absolute Gasteiger partial charge is 0.481 e. The van der Waals surface area contributed by atoms with Crippen LogP contribution in [-0.2, 0) is 0 Å². The number of furan rings is 1. The lowest BCUT2D eigenvalue weighted by Crippen LogP contribution is -2.30. The number of hydrazine groups is 1. The van der Waals surface area contributed by atoms with Gasteiger partial charge in [0.25, 0.3) is 0 Å². The van der Waals surface area contributed by atoms with E-state index >= 15 is 0 Å². The molecule has 0 bridgehead atoms. The van der Waals surface area contributed by atoms with Crippen molar-refractivity contribution in [1.82, 2.24) is 15.4 Å². The van der Waals surface area contributed by atoms with E-state index in [9.17, 15) is 4.79 Å². The molecule has 0 aliphatic heterocycles. The van der Waals surface area contributed by atoms with E-state index < -0.39 is 5.91 Å². The van der Waals surface area contributed by atoms with Crippen molar-refractivity contribution < 1.29 is 13.9 Å². The smallest absolute Gasteiger partial charge is 0.305 e. The van der Waals surface area contributed by atoms with E-state index in [-0.39, 0.29) is 11.7 Å². The molecule has 0 saturated carbocycles. The van der Waals surface area contributed by atoms with Crippen LogP contribution in [0.3, 0.4) is 0 Å². The molecule has 7 nitrogen and oxygen atoms in total. The summed E-state index contributed by atoms with van der Waals surface area (Å²) < 4.78 is 10.5. The number of benzene rings is 1. The summed E-state index contributed by atoms with van der Waals surface area (Å²) in [5.41, 5.74) is 5.75. The van der Waals surface area contributed by atoms with Gasteiger partial charge in [-0.25, -0.2) is 4.98 Å². The Morgan fingerprint density at radius 3 is 2.83 bits per heavy atom. The molecule has 0 radical (unpaired) electrons. The van der Waals surface area contributed by atoms with E-state index in [2.05, 4.69) is 20.8 Å². The molecule has 0 spiro atoms. The number of nitrogens with zero attached hydrogens (tertiary/aromatic N) is 2. The van der Waals surface area contributed by atoms with E-state index in [1.165, 1.54) is 13.3 Å². The van der Waals surface area contributed by atoms with E-state index in [0.717, 1.165) is 0 Å². The second kappa shape index (κ2) is 7.01. The third kappa shape index (κ3) is 3.47. The number of hydrogen-bond acceptors (Lipinski definition) is 6. The van der Waals surface area contributed by atoms with Crippen LogP contribution in [0.4, 0.5) is 5.95 Å². The lowest BCUT2D eigenvalue weighted by atomic mass is 10.2. The number of anilines is 1. The molecule has 2 N–H and O–H groups in total. The summed E-state index contributed by atoms with van der Waals surface area (Å²) in [4.78, 5) is 20.1. The lowest BCUT2D eigenvalue weighted by Gasteiger charge is -2.06. The number of methoxy groups -OCH3 is 1. The second-order valence-corrected chi connectivity index (χ2v) is 5.05. The number of amides is 1. The molecule has 1 aromatic carbocycles. The highest BCUT2D eigenvalue weighted by atomic mass is 35.5. The Balaban J connectivity index is 1.69. The Hall–Kier alpha value is -3.06. The van der Waals surface area contributed by atoms with Crippen LogP contribution in [0.5, 0.6) is 5.88 Å². The molecule has 3 aromatic rings. The van der Waals surface area contributed by atoms with Crippen LogP contribution in [0, 0.1) is 0 Å². The molecule has 0 fully saturated rings. The third-order valence-electron chi connectivity index (χ3n) is 3.10. The summed E-state index contributed by atoms with van der Waals surface area (Å²) in [5.74, 6) is 0.727. The maximum Gasteiger partial charge on any atom is 0.305 e. The SMILES string of the molecule is COc1ccnc(NNC(=O)c2ccc(-c3ccccc3Cl)o2)n1. The predicted octanol–water partition coefficient (Wildman–Crippen LogP) is 3.16. The molecule has 122 valence electrons. The minimum Gasteiger partial charge on any atom is -0.481 e. The summed E-state index contributed by atoms with van der Waals surface area (Å²) >= 11 is 6.12. The van der Waals surface area contributed by atoms with E-state index in [4.69, 9.17) is 20.8 Å². The van der Waals surface area contributed by atoms with Crippen LogP contribution in [0.15, 0.2) is 53.1 Å². The highest BCUT2D eigenvalue weighted by Crippen LogP contribution is 2.28. The topological polar surface area (TPSA) is 89.3 Å². The van der Waals surface area contributed by atoms with Crippen LogP contribution in [-0.4, -0.2) is 23.0 Å². The molecule has 0 aliphatic rings. The van der Waals surface area contributed by atoms with Crippen molar-refractivity contribution in [3.05, 3.63) is 59.4 Å². The summed E-state index contributed by atoms with van der Waals surface area (Å²) in [7, 11) is 1.49. The average Bonchev–Trinajstić information content (AvgIpc) is 3.10. The van der Waals surface area contributed by atoms with Crippen molar-refractivity contribution >= 4 is 23.5 Å². The van der Waals surface area contributed by atoms with Gasteiger partial charge in [0.1, 0.15) is 5.76 Å². The third-order valence-corrected chi connectivity index (χ3v) is 3.43. The van der Waals surface area contributed by atoms with Gasteiger partial charge in [-0.1, -0.05) is 23.7 Å². The molecule has 3 rings (SSSR count). The van der Waals surface area contributed by atoms with Gasteiger partial charge in [-0.15, -0.1) is 0 Å². The summed E-state index contributed by atoms with van der Waals surface area (Å²) in [6.07, 6.45) is 1.50. The Morgan fingerprint density at radius 1 is 1.21 bits per heavy atom. The fourth-order valence-corrected chi connectivity index (χ4v) is 2.18. The number of halogens is 1. The van der Waals surface area contributed by atoms with Crippen LogP contribution < -0.4 is 15.6 Å². The van der Waals surface area contributed by atoms with Crippen molar-refractivity contribution in [3.63, 3.8) is 0 Å². The fraction of sp³-hybridized carbons (Fsp3) is 0.0625. The zero-order chi connectivity index (χ0) is 16.9. The van der Waals surface area contributed by atoms with Gasteiger partial charge in [0.15, 0.2) is 5.76 Å². The molecule has 0 unspecified atom stereocenters. The molecular weight excluding hydrogens is 332 g/mol. The molecule has 0 saturated heterocycles. The van der Waals surface area contributed by atoms with Crippen LogP contribution >= 0.6 is 11.6 Å². The Labute approximate surface area is 142 Å². The number of nitrogens with one attached hydrogen (secondary N) is 2. The number of hydrogen-bond donors (Lipinski definition) is 2. The van der Waals surface area contributed by atoms with E-state index in [0.29, 0.717) is 22.2 Å². The number of carbonyl (C=O) groups excluding carboxylic acids is 1. The summed E-state index contributed by atoms with van der Waals surface area (Å²) in [5, 5.41) is 0.543. The van der Waals surface area contributed by atoms with Crippen molar-refractivity contribution in [1.29, 1.82) is 0 Å². The Kier molecular flexibility index (Phi) is 4.62. The standard InChI is InChI=1S/C16H13ClN4O3/c1-23-14-8-9-18-16(19-14)21-20-15(22)13-7-6-12(24-13)10-4-2-3-5-11(10)17/h2-9H,1H3,(H,20,22)(H,18,19,21). The zero-order valence-electron chi connectivity index (χ0n) is 12.6. The van der Waals surface area contributed by atoms with E-state index in [1.807, 2.05) is 18.2 Å². The molecule has 2 heterocycles. The Bertz CT molecular complexity index is 866. The Morgan fingerprint density at radius 2 is 2.04 bits per heavy atom. The predicted molar refractivity (Wildman–Crippen MR) is 88.8 cm³/mol. The van der Waals surface area contributed by atoms with Crippen LogP contribution in [0.2, 0.25) is 5.02 Å². The molecule has 0 aliphatic carbocycles. The van der Waals surface area contributed by atoms with Crippen LogP contribution in [0.1, 0.15) is 10.6 Å². The molecule has 24 heavy (non-hydrogen) atoms. The van der Waals surface area contributed by atoms with Crippen LogP contribution in [0.25, 0.3) is 11.3 Å². The first-order chi connectivity index (χ1) is 11.7. The van der Waals surface area contributed by atoms with Gasteiger partial charge in [-0.3, -0.25) is 15.6 Å². The maximum atomic E-state index is 12.1. The molecular formula is C16H13ClN4O3. The van der Waals surface area contributed by atoms with Gasteiger partial charge >= 0.3 is 5.91 Å². The lowest BCUT2D eigenvalue weighted by molar-refractivity contribution is 0.0935. The monoisotopic (exact) mass is 344 g/mol. The molecule has 8 heteroatoms. The first-order valence-corrected chi connectivity index (χ1v) is 7.33. The fourth-order valence-electron chi connectivity index (χ4n) is 1.96. The van der Waals surface area contributed by atoms with Crippen molar-refractivity contribution in [2.75, 3.05) is 12.5 Å². The minimum absolute atomic E-state index is 0.125. The first kappa shape index (κ1) is 15.8. The van der Waals surface area contributed by atoms with Gasteiger partial charge in [0, 0.05) is 17.8 Å². The van der Waals surface area contributed by atoms with Gasteiger partial charge in [0.2, 0.25) is 11.8 Å². The van der Waals surface area contributed by atoms with Crippen molar-refractivity contribution in [3.8, 4) is 17.2 Å². The minimum atomic E-state index is -0.472. The number of rotatable bonds is 5. The average molecular weight is 345 g/mol. The molecule has 2 aromatic heterocycles. The van der Waals surface area contributed by atoms with Gasteiger partial charge in [0.05, 0.1) is 12.1 Å². The zero-order valence-corrected chi connectivity index (χ0v) is 13.4. The highest BCUT2D eigenvalue weighted by Gasteiger charge is 2.14. The van der Waals surface area contributed by atoms with E-state index in [1.54, 1.807) is 24.3 Å². The number of ether oxygens (including phenoxy) is 1. The molecule has 0 atom stereocenters. The summed E-state index contributed by atoms with van der Waals surface area (Å²) in [6, 6.07) is 12.0. The van der Waals surface area contributed by atoms with Gasteiger partial charge < -0.3 is 9.15 Å². The number of aromatic nitrogens is 2. The van der Waals surface area contributed by atoms with Gasteiger partial charge in [-0.05, 0) is 24.3 Å². The quantitative estimate of drug-likeness (QED) is 0.691. The maximum absolute atomic E-state index is 12.1. The summed E-state index contributed by atoms with van der Waals surface area (Å²) in [6.45, 7) is 0. The second-order valence-electron chi connectivity index (χ2n) is 4.65. The van der Waals surface area contributed by atoms with Crippen molar-refractivity contribution in [2.45, 2.75) is 0 Å². The number of carbonyl (C=O) groups is 1. The first-order valence-electron chi connectivity index (χ1n) is 6.95. The molecule has 1 amide bonds. The van der Waals surface area contributed by atoms with Gasteiger partial charge in [-0.2, -0.15) is 4.98 Å². The van der Waals surface area contributed by atoms with Crippen molar-refractivity contribution in [2.24, 2.45) is 0 Å².